The lowest BCUT2D eigenvalue weighted by molar-refractivity contribution is -0.140. The lowest BCUT2D eigenvalue weighted by atomic mass is 9.92. The first-order valence-corrected chi connectivity index (χ1v) is 8.36. The summed E-state index contributed by atoms with van der Waals surface area (Å²) in [7, 11) is 0. The van der Waals surface area contributed by atoms with Crippen LogP contribution >= 0.6 is 0 Å². The van der Waals surface area contributed by atoms with Crippen LogP contribution in [0.3, 0.4) is 0 Å². The van der Waals surface area contributed by atoms with Gasteiger partial charge in [-0.25, -0.2) is 0 Å². The summed E-state index contributed by atoms with van der Waals surface area (Å²) in [5.74, 6) is 0.0763. The molecule has 0 amide bonds. The number of ether oxygens (including phenoxy) is 2. The SMILES string of the molecule is Cc1ccc(COC2=CCC3C(=C2)O[C@H]2[C@H](C(=O)O)[C@@H]32)cc1C(F)(F)F. The smallest absolute Gasteiger partial charge is 0.416 e. The molecule has 7 heteroatoms. The highest BCUT2D eigenvalue weighted by atomic mass is 19.4. The Bertz CT molecular complexity index is 825. The standard InChI is InChI=1S/C19H17F3O4/c1-9-2-3-10(6-13(9)19(20,21)22)8-25-11-4-5-12-14(7-11)26-17-15(12)16(17)18(23)24/h2-4,6-7,12,15-17H,5,8H2,1H3,(H,23,24)/t12?,15-,16-,17-/m1/s1. The van der Waals surface area contributed by atoms with Gasteiger partial charge in [0, 0.05) is 17.9 Å². The Labute approximate surface area is 147 Å². The van der Waals surface area contributed by atoms with Crippen molar-refractivity contribution < 1.29 is 32.5 Å². The summed E-state index contributed by atoms with van der Waals surface area (Å²) in [6.07, 6.45) is -0.469. The van der Waals surface area contributed by atoms with Gasteiger partial charge < -0.3 is 14.6 Å². The molecule has 26 heavy (non-hydrogen) atoms. The van der Waals surface area contributed by atoms with Crippen molar-refractivity contribution in [2.75, 3.05) is 0 Å². The first-order chi connectivity index (χ1) is 12.3. The van der Waals surface area contributed by atoms with E-state index >= 15 is 0 Å². The van der Waals surface area contributed by atoms with Crippen molar-refractivity contribution in [3.8, 4) is 0 Å². The first kappa shape index (κ1) is 17.0. The highest BCUT2D eigenvalue weighted by molar-refractivity contribution is 5.76. The van der Waals surface area contributed by atoms with Crippen LogP contribution in [0.2, 0.25) is 0 Å². The Morgan fingerprint density at radius 3 is 2.85 bits per heavy atom. The molecule has 4 atom stereocenters. The first-order valence-electron chi connectivity index (χ1n) is 8.36. The van der Waals surface area contributed by atoms with Crippen molar-refractivity contribution >= 4 is 5.97 Å². The molecule has 138 valence electrons. The molecule has 1 unspecified atom stereocenters. The zero-order chi connectivity index (χ0) is 18.6. The number of rotatable bonds is 4. The molecule has 2 aliphatic carbocycles. The molecule has 1 N–H and O–H groups in total. The monoisotopic (exact) mass is 366 g/mol. The Kier molecular flexibility index (Phi) is 3.78. The Balaban J connectivity index is 1.40. The fraction of sp³-hybridized carbons (Fsp3) is 0.421. The van der Waals surface area contributed by atoms with Crippen molar-refractivity contribution in [3.63, 3.8) is 0 Å². The number of carboxylic acid groups (broad SMARTS) is 1. The van der Waals surface area contributed by atoms with Gasteiger partial charge in [0.05, 0.1) is 5.56 Å². The van der Waals surface area contributed by atoms with Gasteiger partial charge in [-0.3, -0.25) is 4.79 Å². The highest BCUT2D eigenvalue weighted by Gasteiger charge is 2.66. The van der Waals surface area contributed by atoms with E-state index in [1.165, 1.54) is 13.0 Å². The number of hydrogen-bond acceptors (Lipinski definition) is 3. The quantitative estimate of drug-likeness (QED) is 0.874. The van der Waals surface area contributed by atoms with Crippen molar-refractivity contribution in [2.24, 2.45) is 17.8 Å². The lowest BCUT2D eigenvalue weighted by Crippen LogP contribution is -2.15. The molecule has 1 aliphatic heterocycles. The largest absolute Gasteiger partial charge is 0.493 e. The minimum absolute atomic E-state index is 0.0167. The third-order valence-corrected chi connectivity index (χ3v) is 5.26. The van der Waals surface area contributed by atoms with E-state index in [1.807, 2.05) is 6.08 Å². The molecule has 1 saturated heterocycles. The fourth-order valence-electron chi connectivity index (χ4n) is 3.86. The second-order valence-corrected chi connectivity index (χ2v) is 6.95. The highest BCUT2D eigenvalue weighted by Crippen LogP contribution is 2.59. The maximum atomic E-state index is 13.0. The van der Waals surface area contributed by atoms with Gasteiger partial charge in [-0.05, 0) is 36.6 Å². The zero-order valence-electron chi connectivity index (χ0n) is 13.9. The molecule has 0 bridgehead atoms. The molecule has 0 spiro atoms. The molecule has 1 saturated carbocycles. The molecule has 0 aromatic heterocycles. The van der Waals surface area contributed by atoms with Crippen LogP contribution in [0.1, 0.15) is 23.1 Å². The zero-order valence-corrected chi connectivity index (χ0v) is 13.9. The predicted octanol–water partition coefficient (Wildman–Crippen LogP) is 4.05. The van der Waals surface area contributed by atoms with E-state index in [-0.39, 0.29) is 30.1 Å². The van der Waals surface area contributed by atoms with E-state index in [9.17, 15) is 18.0 Å². The fourth-order valence-corrected chi connectivity index (χ4v) is 3.86. The normalized spacial score (nSPS) is 29.1. The van der Waals surface area contributed by atoms with Gasteiger partial charge >= 0.3 is 12.1 Å². The molecule has 3 aliphatic rings. The van der Waals surface area contributed by atoms with Crippen LogP contribution in [0.15, 0.2) is 41.9 Å². The van der Waals surface area contributed by atoms with E-state index in [2.05, 4.69) is 0 Å². The van der Waals surface area contributed by atoms with Crippen LogP contribution in [0.4, 0.5) is 13.2 Å². The lowest BCUT2D eigenvalue weighted by Gasteiger charge is -2.20. The van der Waals surface area contributed by atoms with Crippen LogP contribution in [0, 0.1) is 24.7 Å². The van der Waals surface area contributed by atoms with Crippen molar-refractivity contribution in [3.05, 3.63) is 58.6 Å². The van der Waals surface area contributed by atoms with Gasteiger partial charge in [0.2, 0.25) is 0 Å². The van der Waals surface area contributed by atoms with Crippen LogP contribution < -0.4 is 0 Å². The minimum atomic E-state index is -4.39. The maximum Gasteiger partial charge on any atom is 0.416 e. The van der Waals surface area contributed by atoms with Gasteiger partial charge in [0.1, 0.15) is 30.1 Å². The molecular formula is C19H17F3O4. The number of aryl methyl sites for hydroxylation is 1. The average Bonchev–Trinajstić information content (AvgIpc) is 3.16. The molecule has 4 nitrogen and oxygen atoms in total. The molecule has 1 aromatic carbocycles. The number of carboxylic acids is 1. The van der Waals surface area contributed by atoms with E-state index in [0.717, 1.165) is 11.8 Å². The summed E-state index contributed by atoms with van der Waals surface area (Å²) < 4.78 is 50.3. The second-order valence-electron chi connectivity index (χ2n) is 6.95. The topological polar surface area (TPSA) is 55.8 Å². The number of alkyl halides is 3. The summed E-state index contributed by atoms with van der Waals surface area (Å²) in [5, 5.41) is 9.09. The number of hydrogen-bond donors (Lipinski definition) is 1. The summed E-state index contributed by atoms with van der Waals surface area (Å²) in [6.45, 7) is 1.45. The van der Waals surface area contributed by atoms with Crippen molar-refractivity contribution in [1.29, 1.82) is 0 Å². The number of fused-ring (bicyclic) bond motifs is 3. The number of allylic oxidation sites excluding steroid dienone is 3. The number of benzene rings is 1. The summed E-state index contributed by atoms with van der Waals surface area (Å²) >= 11 is 0. The molecule has 1 aromatic rings. The number of halogens is 3. The Morgan fingerprint density at radius 2 is 2.15 bits per heavy atom. The molecular weight excluding hydrogens is 349 g/mol. The average molecular weight is 366 g/mol. The molecule has 2 fully saturated rings. The third-order valence-electron chi connectivity index (χ3n) is 5.26. The number of carbonyl (C=O) groups is 1. The summed E-state index contributed by atoms with van der Waals surface area (Å²) in [5.41, 5.74) is -0.0475. The Hall–Kier alpha value is -2.44. The predicted molar refractivity (Wildman–Crippen MR) is 84.7 cm³/mol. The number of aliphatic carboxylic acids is 1. The van der Waals surface area contributed by atoms with Crippen LogP contribution in [-0.2, 0) is 27.1 Å². The van der Waals surface area contributed by atoms with E-state index in [1.54, 1.807) is 12.1 Å². The van der Waals surface area contributed by atoms with Crippen LogP contribution in [0.5, 0.6) is 0 Å². The van der Waals surface area contributed by atoms with Gasteiger partial charge in [-0.1, -0.05) is 12.1 Å². The van der Waals surface area contributed by atoms with E-state index < -0.39 is 23.6 Å². The molecule has 4 rings (SSSR count). The summed E-state index contributed by atoms with van der Waals surface area (Å²) in [4.78, 5) is 11.1. The molecule has 1 heterocycles. The van der Waals surface area contributed by atoms with Crippen LogP contribution in [0.25, 0.3) is 0 Å². The van der Waals surface area contributed by atoms with Gasteiger partial charge in [0.15, 0.2) is 0 Å². The van der Waals surface area contributed by atoms with Gasteiger partial charge in [0.25, 0.3) is 0 Å². The maximum absolute atomic E-state index is 13.0. The second kappa shape index (κ2) is 5.79. The molecule has 0 radical (unpaired) electrons. The van der Waals surface area contributed by atoms with Crippen LogP contribution in [-0.4, -0.2) is 17.2 Å². The van der Waals surface area contributed by atoms with E-state index in [4.69, 9.17) is 14.6 Å². The Morgan fingerprint density at radius 1 is 1.38 bits per heavy atom. The summed E-state index contributed by atoms with van der Waals surface area (Å²) in [6, 6.07) is 4.15. The van der Waals surface area contributed by atoms with Crippen molar-refractivity contribution in [1.82, 2.24) is 0 Å². The van der Waals surface area contributed by atoms with Gasteiger partial charge in [-0.15, -0.1) is 0 Å². The van der Waals surface area contributed by atoms with Gasteiger partial charge in [-0.2, -0.15) is 13.2 Å². The minimum Gasteiger partial charge on any atom is -0.493 e. The van der Waals surface area contributed by atoms with Crippen molar-refractivity contribution in [2.45, 2.75) is 32.2 Å². The van der Waals surface area contributed by atoms with E-state index in [0.29, 0.717) is 17.7 Å². The third kappa shape index (κ3) is 2.85.